The minimum Gasteiger partial charge on any atom is -0.378 e. The molecule has 110 valence electrons. The van der Waals surface area contributed by atoms with Crippen molar-refractivity contribution in [3.63, 3.8) is 0 Å². The van der Waals surface area contributed by atoms with Gasteiger partial charge in [-0.25, -0.2) is 0 Å². The quantitative estimate of drug-likeness (QED) is 0.914. The molecule has 0 bridgehead atoms. The van der Waals surface area contributed by atoms with Gasteiger partial charge in [-0.3, -0.25) is 4.79 Å². The number of aryl methyl sites for hydroxylation is 1. The number of carbonyl (C=O) groups excluding carboxylic acids is 1. The van der Waals surface area contributed by atoms with Crippen molar-refractivity contribution in [1.29, 1.82) is 0 Å². The van der Waals surface area contributed by atoms with Crippen LogP contribution in [-0.2, 0) is 17.9 Å². The van der Waals surface area contributed by atoms with Gasteiger partial charge in [-0.1, -0.05) is 12.1 Å². The maximum atomic E-state index is 12.0. The van der Waals surface area contributed by atoms with Crippen molar-refractivity contribution in [1.82, 2.24) is 4.57 Å². The molecule has 3 rings (SSSR count). The van der Waals surface area contributed by atoms with Crippen LogP contribution in [-0.4, -0.2) is 17.0 Å². The Bertz CT molecular complexity index is 632. The van der Waals surface area contributed by atoms with Crippen molar-refractivity contribution < 1.29 is 4.79 Å². The van der Waals surface area contributed by atoms with Gasteiger partial charge in [0, 0.05) is 31.4 Å². The third kappa shape index (κ3) is 2.79. The fourth-order valence-corrected chi connectivity index (χ4v) is 2.87. The first kappa shape index (κ1) is 13.7. The van der Waals surface area contributed by atoms with Gasteiger partial charge in [0.1, 0.15) is 0 Å². The van der Waals surface area contributed by atoms with Crippen LogP contribution in [0.25, 0.3) is 0 Å². The maximum Gasteiger partial charge on any atom is 0.227 e. The molecular formula is C17H21N3O. The lowest BCUT2D eigenvalue weighted by Gasteiger charge is -2.20. The zero-order valence-electron chi connectivity index (χ0n) is 12.4. The Hall–Kier alpha value is -2.23. The SMILES string of the molecule is CCn1cccc1CNc1ccccc1N1CCCC1=O. The second-order valence-electron chi connectivity index (χ2n) is 5.31. The summed E-state index contributed by atoms with van der Waals surface area (Å²) >= 11 is 0. The molecule has 1 aromatic carbocycles. The summed E-state index contributed by atoms with van der Waals surface area (Å²) in [7, 11) is 0. The van der Waals surface area contributed by atoms with Gasteiger partial charge >= 0.3 is 0 Å². The van der Waals surface area contributed by atoms with Crippen LogP contribution in [0, 0.1) is 0 Å². The number of carbonyl (C=O) groups is 1. The summed E-state index contributed by atoms with van der Waals surface area (Å²) in [6, 6.07) is 12.2. The average Bonchev–Trinajstić information content (AvgIpc) is 3.13. The zero-order valence-corrected chi connectivity index (χ0v) is 12.4. The Morgan fingerprint density at radius 1 is 1.19 bits per heavy atom. The lowest BCUT2D eigenvalue weighted by molar-refractivity contribution is -0.117. The first-order chi connectivity index (χ1) is 10.3. The van der Waals surface area contributed by atoms with E-state index < -0.39 is 0 Å². The normalized spacial score (nSPS) is 14.7. The first-order valence-electron chi connectivity index (χ1n) is 7.57. The Kier molecular flexibility index (Phi) is 3.95. The summed E-state index contributed by atoms with van der Waals surface area (Å²) in [4.78, 5) is 13.8. The van der Waals surface area contributed by atoms with E-state index in [9.17, 15) is 4.79 Å². The number of nitrogens with one attached hydrogen (secondary N) is 1. The van der Waals surface area contributed by atoms with Crippen LogP contribution >= 0.6 is 0 Å². The number of benzene rings is 1. The fourth-order valence-electron chi connectivity index (χ4n) is 2.87. The third-order valence-electron chi connectivity index (χ3n) is 3.99. The lowest BCUT2D eigenvalue weighted by Crippen LogP contribution is -2.24. The molecule has 2 aromatic rings. The number of aromatic nitrogens is 1. The molecule has 1 aliphatic rings. The molecule has 0 radical (unpaired) electrons. The molecule has 1 aliphatic heterocycles. The largest absolute Gasteiger partial charge is 0.378 e. The van der Waals surface area contributed by atoms with Gasteiger partial charge in [0.05, 0.1) is 17.9 Å². The van der Waals surface area contributed by atoms with Crippen LogP contribution in [0.5, 0.6) is 0 Å². The predicted octanol–water partition coefficient (Wildman–Crippen LogP) is 3.25. The molecule has 0 atom stereocenters. The van der Waals surface area contributed by atoms with E-state index in [4.69, 9.17) is 0 Å². The molecule has 4 nitrogen and oxygen atoms in total. The summed E-state index contributed by atoms with van der Waals surface area (Å²) in [6.07, 6.45) is 3.70. The number of nitrogens with zero attached hydrogens (tertiary/aromatic N) is 2. The van der Waals surface area contributed by atoms with E-state index in [1.807, 2.05) is 29.2 Å². The van der Waals surface area contributed by atoms with Crippen LogP contribution in [0.1, 0.15) is 25.5 Å². The lowest BCUT2D eigenvalue weighted by atomic mass is 10.2. The Balaban J connectivity index is 1.78. The number of anilines is 2. The number of hydrogen-bond donors (Lipinski definition) is 1. The van der Waals surface area contributed by atoms with E-state index in [1.54, 1.807) is 0 Å². The number of rotatable bonds is 5. The van der Waals surface area contributed by atoms with Gasteiger partial charge in [-0.2, -0.15) is 0 Å². The van der Waals surface area contributed by atoms with Gasteiger partial charge in [0.25, 0.3) is 0 Å². The van der Waals surface area contributed by atoms with Gasteiger partial charge in [-0.15, -0.1) is 0 Å². The van der Waals surface area contributed by atoms with E-state index in [-0.39, 0.29) is 5.91 Å². The van der Waals surface area contributed by atoms with Gasteiger partial charge in [0.15, 0.2) is 0 Å². The van der Waals surface area contributed by atoms with E-state index in [1.165, 1.54) is 5.69 Å². The highest BCUT2D eigenvalue weighted by Gasteiger charge is 2.23. The van der Waals surface area contributed by atoms with Gasteiger partial charge in [0.2, 0.25) is 5.91 Å². The first-order valence-corrected chi connectivity index (χ1v) is 7.57. The zero-order chi connectivity index (χ0) is 14.7. The molecular weight excluding hydrogens is 262 g/mol. The molecule has 1 fully saturated rings. The van der Waals surface area contributed by atoms with Crippen LogP contribution < -0.4 is 10.2 Å². The molecule has 1 saturated heterocycles. The summed E-state index contributed by atoms with van der Waals surface area (Å²) < 4.78 is 2.22. The average molecular weight is 283 g/mol. The van der Waals surface area contributed by atoms with Crippen LogP contribution in [0.2, 0.25) is 0 Å². The predicted molar refractivity (Wildman–Crippen MR) is 85.5 cm³/mol. The molecule has 1 amide bonds. The van der Waals surface area contributed by atoms with Crippen LogP contribution in [0.15, 0.2) is 42.6 Å². The maximum absolute atomic E-state index is 12.0. The molecule has 0 aliphatic carbocycles. The van der Waals surface area contributed by atoms with Crippen molar-refractivity contribution >= 4 is 17.3 Å². The molecule has 2 heterocycles. The summed E-state index contributed by atoms with van der Waals surface area (Å²) in [5, 5.41) is 3.47. The minimum absolute atomic E-state index is 0.223. The Labute approximate surface area is 125 Å². The summed E-state index contributed by atoms with van der Waals surface area (Å²) in [5.74, 6) is 0.223. The monoisotopic (exact) mass is 283 g/mol. The molecule has 21 heavy (non-hydrogen) atoms. The van der Waals surface area contributed by atoms with E-state index in [0.29, 0.717) is 6.42 Å². The molecule has 1 aromatic heterocycles. The van der Waals surface area contributed by atoms with Crippen molar-refractivity contribution in [3.8, 4) is 0 Å². The van der Waals surface area contributed by atoms with Crippen molar-refractivity contribution in [2.24, 2.45) is 0 Å². The number of hydrogen-bond acceptors (Lipinski definition) is 2. The fraction of sp³-hybridized carbons (Fsp3) is 0.353. The summed E-state index contributed by atoms with van der Waals surface area (Å²) in [5.41, 5.74) is 3.27. The van der Waals surface area contributed by atoms with Gasteiger partial charge < -0.3 is 14.8 Å². The highest BCUT2D eigenvalue weighted by molar-refractivity contribution is 5.98. The smallest absolute Gasteiger partial charge is 0.227 e. The molecule has 0 saturated carbocycles. The van der Waals surface area contributed by atoms with Crippen LogP contribution in [0.3, 0.4) is 0 Å². The minimum atomic E-state index is 0.223. The standard InChI is InChI=1S/C17H21N3O/c1-2-19-11-5-7-14(19)13-18-15-8-3-4-9-16(15)20-12-6-10-17(20)21/h3-5,7-9,11,18H,2,6,10,12-13H2,1H3. The topological polar surface area (TPSA) is 37.3 Å². The Morgan fingerprint density at radius 3 is 2.81 bits per heavy atom. The molecule has 4 heteroatoms. The van der Waals surface area contributed by atoms with E-state index >= 15 is 0 Å². The second kappa shape index (κ2) is 6.04. The highest BCUT2D eigenvalue weighted by atomic mass is 16.2. The second-order valence-corrected chi connectivity index (χ2v) is 5.31. The molecule has 0 spiro atoms. The van der Waals surface area contributed by atoms with Crippen molar-refractivity contribution in [3.05, 3.63) is 48.3 Å². The molecule has 0 unspecified atom stereocenters. The van der Waals surface area contributed by atoms with Crippen molar-refractivity contribution in [2.45, 2.75) is 32.9 Å². The summed E-state index contributed by atoms with van der Waals surface area (Å²) in [6.45, 7) is 4.69. The number of para-hydroxylation sites is 2. The number of amides is 1. The van der Waals surface area contributed by atoms with Crippen LogP contribution in [0.4, 0.5) is 11.4 Å². The molecule has 1 N–H and O–H groups in total. The van der Waals surface area contributed by atoms with E-state index in [2.05, 4.69) is 35.1 Å². The van der Waals surface area contributed by atoms with Crippen molar-refractivity contribution in [2.75, 3.05) is 16.8 Å². The highest BCUT2D eigenvalue weighted by Crippen LogP contribution is 2.29. The third-order valence-corrected chi connectivity index (χ3v) is 3.99. The van der Waals surface area contributed by atoms with E-state index in [0.717, 1.165) is 37.4 Å². The Morgan fingerprint density at radius 2 is 2.05 bits per heavy atom. The van der Waals surface area contributed by atoms with Gasteiger partial charge in [-0.05, 0) is 37.6 Å².